The minimum Gasteiger partial charge on any atom is -0.350 e. The van der Waals surface area contributed by atoms with Gasteiger partial charge in [0.1, 0.15) is 0 Å². The van der Waals surface area contributed by atoms with Crippen molar-refractivity contribution < 1.29 is 13.2 Å². The Labute approximate surface area is 211 Å². The van der Waals surface area contributed by atoms with E-state index in [1.165, 1.54) is 6.92 Å². The van der Waals surface area contributed by atoms with Gasteiger partial charge in [-0.2, -0.15) is 0 Å². The summed E-state index contributed by atoms with van der Waals surface area (Å²) in [7, 11) is -1.67. The molecule has 0 fully saturated rings. The van der Waals surface area contributed by atoms with Gasteiger partial charge in [0.2, 0.25) is 15.9 Å². The molecule has 1 unspecified atom stereocenters. The summed E-state index contributed by atoms with van der Waals surface area (Å²) in [5, 5.41) is 1.13. The Balaban J connectivity index is 1.84. The molecule has 1 N–H and O–H groups in total. The number of carbonyl (C=O) groups is 1. The lowest BCUT2D eigenvalue weighted by Crippen LogP contribution is -2.35. The van der Waals surface area contributed by atoms with Gasteiger partial charge in [0.05, 0.1) is 23.3 Å². The van der Waals surface area contributed by atoms with Crippen molar-refractivity contribution in [2.24, 2.45) is 7.05 Å². The number of imidazole rings is 1. The van der Waals surface area contributed by atoms with Gasteiger partial charge in [0.15, 0.2) is 0 Å². The zero-order chi connectivity index (χ0) is 26.2. The molecule has 0 aliphatic heterocycles. The highest BCUT2D eigenvalue weighted by atomic mass is 32.2. The van der Waals surface area contributed by atoms with Gasteiger partial charge < -0.3 is 4.57 Å². The zero-order valence-corrected chi connectivity index (χ0v) is 22.4. The van der Waals surface area contributed by atoms with Gasteiger partial charge in [-0.25, -0.2) is 13.2 Å². The van der Waals surface area contributed by atoms with E-state index in [1.807, 2.05) is 45.2 Å². The maximum absolute atomic E-state index is 13.9. The van der Waals surface area contributed by atoms with E-state index in [-0.39, 0.29) is 17.9 Å². The van der Waals surface area contributed by atoms with Crippen LogP contribution in [-0.2, 0) is 28.4 Å². The molecule has 192 valence electrons. The topological polar surface area (TPSA) is 95.1 Å². The molecule has 0 aliphatic rings. The summed E-state index contributed by atoms with van der Waals surface area (Å²) in [6, 6.07) is 11.6. The Bertz CT molecular complexity index is 1610. The molecule has 2 aromatic carbocycles. The van der Waals surface area contributed by atoms with Crippen molar-refractivity contribution in [2.45, 2.75) is 59.5 Å². The second-order valence-corrected chi connectivity index (χ2v) is 11.6. The van der Waals surface area contributed by atoms with Gasteiger partial charge in [-0.3, -0.25) is 18.7 Å². The van der Waals surface area contributed by atoms with Gasteiger partial charge in [-0.1, -0.05) is 31.5 Å². The van der Waals surface area contributed by atoms with Crippen LogP contribution < -0.4 is 10.4 Å². The molecule has 0 saturated heterocycles. The van der Waals surface area contributed by atoms with Crippen molar-refractivity contribution >= 4 is 37.9 Å². The van der Waals surface area contributed by atoms with Crippen molar-refractivity contribution in [3.05, 3.63) is 69.8 Å². The van der Waals surface area contributed by atoms with E-state index in [9.17, 15) is 18.0 Å². The van der Waals surface area contributed by atoms with Gasteiger partial charge >= 0.3 is 5.69 Å². The van der Waals surface area contributed by atoms with Crippen LogP contribution in [0.25, 0.3) is 21.9 Å². The van der Waals surface area contributed by atoms with E-state index >= 15 is 0 Å². The fraction of sp³-hybridized carbons (Fsp3) is 0.407. The summed E-state index contributed by atoms with van der Waals surface area (Å²) in [5.41, 5.74) is 5.64. The van der Waals surface area contributed by atoms with Crippen LogP contribution in [0.15, 0.2) is 47.4 Å². The number of hydrogen-bond donors (Lipinski definition) is 1. The molecule has 0 aliphatic carbocycles. The number of amides is 1. The molecule has 1 atom stereocenters. The second kappa shape index (κ2) is 9.97. The summed E-state index contributed by atoms with van der Waals surface area (Å²) >= 11 is 0. The van der Waals surface area contributed by atoms with Gasteiger partial charge in [0.25, 0.3) is 0 Å². The maximum atomic E-state index is 13.9. The average molecular weight is 511 g/mol. The quantitative estimate of drug-likeness (QED) is 0.366. The SMILES string of the molecule is CCCC(CC(=O)NS(=O)(=O)CC)n1c(=O)n(Cc2cn(C)c3cccc(C)c23)c2ccc(C)cc21. The fourth-order valence-corrected chi connectivity index (χ4v) is 5.65. The molecule has 8 nitrogen and oxygen atoms in total. The molecule has 0 spiro atoms. The van der Waals surface area contributed by atoms with Crippen LogP contribution in [0, 0.1) is 13.8 Å². The number of rotatable bonds is 9. The number of sulfonamides is 1. The fourth-order valence-electron chi connectivity index (χ4n) is 5.08. The van der Waals surface area contributed by atoms with Crippen molar-refractivity contribution in [1.29, 1.82) is 0 Å². The smallest absolute Gasteiger partial charge is 0.329 e. The molecule has 2 aromatic heterocycles. The molecule has 0 bridgehead atoms. The number of hydrogen-bond acceptors (Lipinski definition) is 4. The Morgan fingerprint density at radius 1 is 1.06 bits per heavy atom. The molecule has 9 heteroatoms. The first kappa shape index (κ1) is 25.8. The number of carbonyl (C=O) groups excluding carboxylic acids is 1. The molecule has 0 radical (unpaired) electrons. The predicted molar refractivity (Wildman–Crippen MR) is 144 cm³/mol. The average Bonchev–Trinajstić information content (AvgIpc) is 3.27. The highest BCUT2D eigenvalue weighted by Gasteiger charge is 2.25. The zero-order valence-electron chi connectivity index (χ0n) is 21.5. The van der Waals surface area contributed by atoms with Crippen LogP contribution in [0.5, 0.6) is 0 Å². The minimum absolute atomic E-state index is 0.0899. The molecular formula is C27H34N4O4S. The van der Waals surface area contributed by atoms with Gasteiger partial charge in [-0.15, -0.1) is 0 Å². The Hall–Kier alpha value is -3.33. The third-order valence-electron chi connectivity index (χ3n) is 6.81. The minimum atomic E-state index is -3.67. The number of nitrogens with zero attached hydrogens (tertiary/aromatic N) is 3. The maximum Gasteiger partial charge on any atom is 0.329 e. The third kappa shape index (κ3) is 4.84. The van der Waals surface area contributed by atoms with E-state index in [0.717, 1.165) is 45.0 Å². The van der Waals surface area contributed by atoms with E-state index in [0.29, 0.717) is 13.0 Å². The summed E-state index contributed by atoms with van der Waals surface area (Å²) in [5.74, 6) is -0.777. The van der Waals surface area contributed by atoms with E-state index in [2.05, 4.69) is 34.5 Å². The van der Waals surface area contributed by atoms with E-state index < -0.39 is 22.0 Å². The van der Waals surface area contributed by atoms with Crippen LogP contribution in [0.2, 0.25) is 0 Å². The lowest BCUT2D eigenvalue weighted by Gasteiger charge is -2.18. The van der Waals surface area contributed by atoms with E-state index in [1.54, 1.807) is 9.13 Å². The van der Waals surface area contributed by atoms with E-state index in [4.69, 9.17) is 0 Å². The van der Waals surface area contributed by atoms with Crippen LogP contribution in [-0.4, -0.2) is 33.8 Å². The second-order valence-electron chi connectivity index (χ2n) is 9.54. The lowest BCUT2D eigenvalue weighted by molar-refractivity contribution is -0.120. The van der Waals surface area contributed by atoms with Crippen LogP contribution in [0.1, 0.15) is 55.8 Å². The first-order chi connectivity index (χ1) is 17.1. The monoisotopic (exact) mass is 510 g/mol. The molecule has 36 heavy (non-hydrogen) atoms. The molecular weight excluding hydrogens is 476 g/mol. The van der Waals surface area contributed by atoms with Crippen LogP contribution in [0.3, 0.4) is 0 Å². The van der Waals surface area contributed by atoms with Crippen LogP contribution in [0.4, 0.5) is 0 Å². The molecule has 4 aromatic rings. The molecule has 4 rings (SSSR count). The molecule has 1 amide bonds. The molecule has 2 heterocycles. The van der Waals surface area contributed by atoms with Crippen LogP contribution >= 0.6 is 0 Å². The Morgan fingerprint density at radius 3 is 2.50 bits per heavy atom. The first-order valence-electron chi connectivity index (χ1n) is 12.3. The largest absolute Gasteiger partial charge is 0.350 e. The number of aryl methyl sites for hydroxylation is 3. The van der Waals surface area contributed by atoms with Gasteiger partial charge in [0, 0.05) is 36.6 Å². The normalized spacial score (nSPS) is 12.9. The van der Waals surface area contributed by atoms with Gasteiger partial charge in [-0.05, 0) is 62.1 Å². The highest BCUT2D eigenvalue weighted by molar-refractivity contribution is 7.90. The number of nitrogens with one attached hydrogen (secondary N) is 1. The number of fused-ring (bicyclic) bond motifs is 2. The van der Waals surface area contributed by atoms with Crippen molar-refractivity contribution in [2.75, 3.05) is 5.75 Å². The first-order valence-corrected chi connectivity index (χ1v) is 14.0. The third-order valence-corrected chi connectivity index (χ3v) is 8.10. The highest BCUT2D eigenvalue weighted by Crippen LogP contribution is 2.28. The lowest BCUT2D eigenvalue weighted by atomic mass is 10.1. The van der Waals surface area contributed by atoms with Crippen molar-refractivity contribution in [3.63, 3.8) is 0 Å². The van der Waals surface area contributed by atoms with Crippen molar-refractivity contribution in [1.82, 2.24) is 18.4 Å². The Kier molecular flexibility index (Phi) is 7.13. The standard InChI is InChI=1S/C27H34N4O4S/c1-6-9-21(15-25(32)28-36(34,35)7-2)31-24-14-18(3)12-13-22(24)30(27(31)33)17-20-16-29(5)23-11-8-10-19(4)26(20)23/h8,10-14,16,21H,6-7,9,15,17H2,1-5H3,(H,28,32). The molecule has 0 saturated carbocycles. The number of aromatic nitrogens is 3. The summed E-state index contributed by atoms with van der Waals surface area (Å²) in [4.78, 5) is 26.6. The summed E-state index contributed by atoms with van der Waals surface area (Å²) in [6.07, 6.45) is 3.29. The summed E-state index contributed by atoms with van der Waals surface area (Å²) < 4.78 is 31.5. The Morgan fingerprint density at radius 2 is 1.81 bits per heavy atom. The number of benzene rings is 2. The summed E-state index contributed by atoms with van der Waals surface area (Å²) in [6.45, 7) is 7.90. The predicted octanol–water partition coefficient (Wildman–Crippen LogP) is 4.16. The van der Waals surface area contributed by atoms with Crippen molar-refractivity contribution in [3.8, 4) is 0 Å².